The van der Waals surface area contributed by atoms with Crippen molar-refractivity contribution in [2.75, 3.05) is 18.1 Å². The third-order valence-corrected chi connectivity index (χ3v) is 8.49. The van der Waals surface area contributed by atoms with E-state index in [4.69, 9.17) is 0 Å². The minimum absolute atomic E-state index is 0.00300. The molecule has 1 aromatic carbocycles. The first-order valence-electron chi connectivity index (χ1n) is 8.36. The second kappa shape index (κ2) is 7.72. The molecule has 8 heteroatoms. The number of benzene rings is 1. The highest BCUT2D eigenvalue weighted by atomic mass is 32.2. The molecule has 0 saturated carbocycles. The van der Waals surface area contributed by atoms with Gasteiger partial charge in [-0.2, -0.15) is 0 Å². The molecule has 3 rings (SSSR count). The van der Waals surface area contributed by atoms with Crippen molar-refractivity contribution in [3.63, 3.8) is 0 Å². The summed E-state index contributed by atoms with van der Waals surface area (Å²) in [6, 6.07) is 7.85. The van der Waals surface area contributed by atoms with E-state index in [0.717, 1.165) is 15.8 Å². The van der Waals surface area contributed by atoms with E-state index in [1.165, 1.54) is 17.3 Å². The molecule has 0 spiro atoms. The van der Waals surface area contributed by atoms with Gasteiger partial charge in [-0.25, -0.2) is 13.4 Å². The first-order chi connectivity index (χ1) is 11.9. The third kappa shape index (κ3) is 4.41. The van der Waals surface area contributed by atoms with E-state index < -0.39 is 9.84 Å². The van der Waals surface area contributed by atoms with Crippen LogP contribution in [0.15, 0.2) is 29.3 Å². The average Bonchev–Trinajstić information content (AvgIpc) is 2.95. The molecular weight excluding hydrogens is 376 g/mol. The summed E-state index contributed by atoms with van der Waals surface area (Å²) in [5, 5.41) is -0.278. The van der Waals surface area contributed by atoms with Crippen LogP contribution in [-0.2, 0) is 20.4 Å². The predicted octanol–water partition coefficient (Wildman–Crippen LogP) is 3.08. The number of para-hydroxylation sites is 1. The Morgan fingerprint density at radius 1 is 1.44 bits per heavy atom. The number of hydrogen-bond donors (Lipinski definition) is 0. The number of thioether (sulfide) groups is 2. The van der Waals surface area contributed by atoms with Crippen molar-refractivity contribution in [2.24, 2.45) is 4.99 Å². The summed E-state index contributed by atoms with van der Waals surface area (Å²) in [4.78, 5) is 19.2. The van der Waals surface area contributed by atoms with Crippen molar-refractivity contribution in [3.8, 4) is 0 Å². The van der Waals surface area contributed by atoms with Crippen LogP contribution in [0.3, 0.4) is 0 Å². The number of sulfone groups is 1. The number of rotatable bonds is 4. The van der Waals surface area contributed by atoms with Gasteiger partial charge >= 0.3 is 0 Å². The van der Waals surface area contributed by atoms with Crippen molar-refractivity contribution in [2.45, 2.75) is 37.3 Å². The number of hydrogen-bond acceptors (Lipinski definition) is 6. The van der Waals surface area contributed by atoms with Gasteiger partial charge in [0.05, 0.1) is 22.4 Å². The molecule has 0 N–H and O–H groups in total. The fourth-order valence-electron chi connectivity index (χ4n) is 3.12. The summed E-state index contributed by atoms with van der Waals surface area (Å²) in [5.74, 6) is 1.13. The van der Waals surface area contributed by atoms with Crippen LogP contribution in [0.5, 0.6) is 0 Å². The Morgan fingerprint density at radius 3 is 2.88 bits per heavy atom. The molecule has 0 aromatic heterocycles. The molecule has 2 atom stereocenters. The van der Waals surface area contributed by atoms with E-state index in [9.17, 15) is 13.2 Å². The largest absolute Gasteiger partial charge is 0.338 e. The average molecular weight is 399 g/mol. The van der Waals surface area contributed by atoms with Gasteiger partial charge in [0.25, 0.3) is 0 Å². The van der Waals surface area contributed by atoms with Crippen molar-refractivity contribution >= 4 is 49.3 Å². The minimum atomic E-state index is -3.00. The molecule has 0 aliphatic carbocycles. The van der Waals surface area contributed by atoms with Crippen LogP contribution in [0.25, 0.3) is 0 Å². The van der Waals surface area contributed by atoms with E-state index in [0.29, 0.717) is 13.0 Å². The van der Waals surface area contributed by atoms with Gasteiger partial charge in [-0.05, 0) is 31.9 Å². The lowest BCUT2D eigenvalue weighted by atomic mass is 10.2. The second-order valence-electron chi connectivity index (χ2n) is 6.24. The van der Waals surface area contributed by atoms with E-state index in [2.05, 4.69) is 11.1 Å². The Hall–Kier alpha value is -0.990. The van der Waals surface area contributed by atoms with E-state index in [-0.39, 0.29) is 28.7 Å². The van der Waals surface area contributed by atoms with Gasteiger partial charge in [0.2, 0.25) is 5.91 Å². The van der Waals surface area contributed by atoms with Crippen LogP contribution >= 0.6 is 23.5 Å². The highest BCUT2D eigenvalue weighted by Gasteiger charge is 2.35. The highest BCUT2D eigenvalue weighted by molar-refractivity contribution is 8.39. The van der Waals surface area contributed by atoms with Gasteiger partial charge < -0.3 is 4.90 Å². The van der Waals surface area contributed by atoms with Gasteiger partial charge in [0.1, 0.15) is 4.38 Å². The number of aliphatic imine (C=N–C) groups is 1. The maximum atomic E-state index is 12.8. The topological polar surface area (TPSA) is 66.8 Å². The van der Waals surface area contributed by atoms with Crippen LogP contribution in [0.4, 0.5) is 5.69 Å². The smallest absolute Gasteiger partial charge is 0.236 e. The van der Waals surface area contributed by atoms with Gasteiger partial charge in [0, 0.05) is 18.3 Å². The fourth-order valence-corrected chi connectivity index (χ4v) is 7.11. The maximum absolute atomic E-state index is 12.8. The minimum Gasteiger partial charge on any atom is -0.338 e. The first-order valence-corrected chi connectivity index (χ1v) is 12.0. The summed E-state index contributed by atoms with van der Waals surface area (Å²) in [6.07, 6.45) is 0.544. The molecule has 2 unspecified atom stereocenters. The van der Waals surface area contributed by atoms with Gasteiger partial charge in [-0.3, -0.25) is 4.79 Å². The summed E-state index contributed by atoms with van der Waals surface area (Å²) in [7, 11) is -3.00. The molecule has 1 aromatic rings. The summed E-state index contributed by atoms with van der Waals surface area (Å²) < 4.78 is 24.3. The quantitative estimate of drug-likeness (QED) is 0.780. The lowest BCUT2D eigenvalue weighted by Crippen LogP contribution is -2.44. The van der Waals surface area contributed by atoms with E-state index >= 15 is 0 Å². The number of carbonyl (C=O) groups excluding carboxylic acids is 1. The molecular formula is C17H22N2O3S3. The summed E-state index contributed by atoms with van der Waals surface area (Å²) >= 11 is 3.12. The SMILES string of the molecule is CCN(C(=O)C(C)SC1=Nc2ccccc2CS1)C1CCS(=O)(=O)C1. The van der Waals surface area contributed by atoms with E-state index in [1.54, 1.807) is 16.7 Å². The molecule has 0 bridgehead atoms. The molecule has 25 heavy (non-hydrogen) atoms. The van der Waals surface area contributed by atoms with Crippen LogP contribution in [0, 0.1) is 0 Å². The number of carbonyl (C=O) groups is 1. The van der Waals surface area contributed by atoms with Gasteiger partial charge in [-0.1, -0.05) is 41.7 Å². The van der Waals surface area contributed by atoms with Gasteiger partial charge in [-0.15, -0.1) is 0 Å². The summed E-state index contributed by atoms with van der Waals surface area (Å²) in [5.41, 5.74) is 2.18. The third-order valence-electron chi connectivity index (χ3n) is 4.45. The second-order valence-corrected chi connectivity index (χ2v) is 11.0. The molecule has 1 fully saturated rings. The monoisotopic (exact) mass is 398 g/mol. The molecule has 2 heterocycles. The number of nitrogens with zero attached hydrogens (tertiary/aromatic N) is 2. The molecule has 2 aliphatic rings. The Bertz CT molecular complexity index is 792. The Balaban J connectivity index is 1.67. The molecule has 2 aliphatic heterocycles. The molecule has 1 amide bonds. The molecule has 0 radical (unpaired) electrons. The lowest BCUT2D eigenvalue weighted by molar-refractivity contribution is -0.131. The maximum Gasteiger partial charge on any atom is 0.236 e. The van der Waals surface area contributed by atoms with Crippen LogP contribution in [-0.4, -0.2) is 52.9 Å². The van der Waals surface area contributed by atoms with Gasteiger partial charge in [0.15, 0.2) is 9.84 Å². The zero-order chi connectivity index (χ0) is 18.0. The number of amides is 1. The standard InChI is InChI=1S/C17H22N2O3S3/c1-3-19(14-8-9-25(21,22)11-14)16(20)12(2)24-17-18-15-7-5-4-6-13(15)10-23-17/h4-7,12,14H,3,8-11H2,1-2H3. The Labute approximate surface area is 157 Å². The zero-order valence-corrected chi connectivity index (χ0v) is 16.8. The van der Waals surface area contributed by atoms with Crippen LogP contribution < -0.4 is 0 Å². The zero-order valence-electron chi connectivity index (χ0n) is 14.3. The Morgan fingerprint density at radius 2 is 2.20 bits per heavy atom. The fraction of sp³-hybridized carbons (Fsp3) is 0.529. The first kappa shape index (κ1) is 18.8. The lowest BCUT2D eigenvalue weighted by Gasteiger charge is -2.29. The predicted molar refractivity (Wildman–Crippen MR) is 106 cm³/mol. The summed E-state index contributed by atoms with van der Waals surface area (Å²) in [6.45, 7) is 4.32. The molecule has 136 valence electrons. The normalized spacial score (nSPS) is 22.8. The van der Waals surface area contributed by atoms with Crippen LogP contribution in [0.1, 0.15) is 25.8 Å². The van der Waals surface area contributed by atoms with Crippen LogP contribution in [0.2, 0.25) is 0 Å². The van der Waals surface area contributed by atoms with Crippen molar-refractivity contribution in [1.29, 1.82) is 0 Å². The Kier molecular flexibility index (Phi) is 5.80. The number of fused-ring (bicyclic) bond motifs is 1. The van der Waals surface area contributed by atoms with E-state index in [1.807, 2.05) is 32.0 Å². The van der Waals surface area contributed by atoms with Crippen molar-refractivity contribution in [1.82, 2.24) is 4.90 Å². The molecule has 1 saturated heterocycles. The van der Waals surface area contributed by atoms with Crippen molar-refractivity contribution < 1.29 is 13.2 Å². The highest BCUT2D eigenvalue weighted by Crippen LogP contribution is 2.36. The van der Waals surface area contributed by atoms with Crippen molar-refractivity contribution in [3.05, 3.63) is 29.8 Å². The molecule has 5 nitrogen and oxygen atoms in total.